The van der Waals surface area contributed by atoms with Gasteiger partial charge in [-0.2, -0.15) is 5.10 Å². The molecule has 0 bridgehead atoms. The van der Waals surface area contributed by atoms with Crippen molar-refractivity contribution in [2.75, 3.05) is 0 Å². The smallest absolute Gasteiger partial charge is 0.283 e. The summed E-state index contributed by atoms with van der Waals surface area (Å²) in [5.74, 6) is 0. The van der Waals surface area contributed by atoms with Crippen molar-refractivity contribution in [3.05, 3.63) is 113 Å². The Morgan fingerprint density at radius 1 is 0.909 bits per heavy atom. The van der Waals surface area contributed by atoms with Gasteiger partial charge in [0.25, 0.3) is 5.56 Å². The molecule has 0 saturated carbocycles. The van der Waals surface area contributed by atoms with Crippen molar-refractivity contribution < 1.29 is 0 Å². The Balaban J connectivity index is 1.61. The van der Waals surface area contributed by atoms with Crippen LogP contribution in [0, 0.1) is 6.92 Å². The van der Waals surface area contributed by atoms with E-state index < -0.39 is 0 Å². The minimum atomic E-state index is -0.171. The summed E-state index contributed by atoms with van der Waals surface area (Å²) < 4.78 is 5.25. The lowest BCUT2D eigenvalue weighted by atomic mass is 10.1. The first kappa shape index (κ1) is 20.4. The topological polar surface area (TPSA) is 70.0 Å². The van der Waals surface area contributed by atoms with Gasteiger partial charge in [0.2, 0.25) is 0 Å². The van der Waals surface area contributed by atoms with Crippen LogP contribution < -0.4 is 5.56 Å². The fourth-order valence-corrected chi connectivity index (χ4v) is 3.76. The number of rotatable bonds is 5. The van der Waals surface area contributed by atoms with E-state index in [-0.39, 0.29) is 5.56 Å². The standard InChI is InChI=1S/C26H22N6O/c1-19-24(26(33)32(30(19)2)23-13-7-4-8-14-23)28-17-21-18-31(22-11-5-3-6-12-22)29-25(21)20-10-9-15-27-16-20/h3-18H,1-2H3. The van der Waals surface area contributed by atoms with Gasteiger partial charge in [-0.25, -0.2) is 14.4 Å². The Morgan fingerprint density at radius 3 is 2.27 bits per heavy atom. The summed E-state index contributed by atoms with van der Waals surface area (Å²) in [5, 5.41) is 4.78. The van der Waals surface area contributed by atoms with E-state index >= 15 is 0 Å². The molecule has 7 nitrogen and oxygen atoms in total. The average Bonchev–Trinajstić information content (AvgIpc) is 3.38. The molecule has 7 heteroatoms. The van der Waals surface area contributed by atoms with Gasteiger partial charge in [0.15, 0.2) is 5.69 Å². The fourth-order valence-electron chi connectivity index (χ4n) is 3.76. The first-order valence-electron chi connectivity index (χ1n) is 10.6. The van der Waals surface area contributed by atoms with Crippen molar-refractivity contribution in [3.8, 4) is 22.6 Å². The second kappa shape index (κ2) is 8.55. The molecule has 0 N–H and O–H groups in total. The minimum absolute atomic E-state index is 0.171. The highest BCUT2D eigenvalue weighted by molar-refractivity contribution is 5.90. The highest BCUT2D eigenvalue weighted by Gasteiger charge is 2.16. The van der Waals surface area contributed by atoms with Crippen molar-refractivity contribution >= 4 is 11.9 Å². The maximum Gasteiger partial charge on any atom is 0.297 e. The molecule has 0 aliphatic rings. The van der Waals surface area contributed by atoms with E-state index in [1.165, 1.54) is 0 Å². The van der Waals surface area contributed by atoms with Crippen LogP contribution in [0.5, 0.6) is 0 Å². The fraction of sp³-hybridized carbons (Fsp3) is 0.0769. The van der Waals surface area contributed by atoms with Gasteiger partial charge in [-0.1, -0.05) is 36.4 Å². The number of hydrogen-bond acceptors (Lipinski definition) is 4. The Bertz CT molecular complexity index is 1480. The maximum atomic E-state index is 13.2. The molecule has 0 radical (unpaired) electrons. The molecular formula is C26H22N6O. The van der Waals surface area contributed by atoms with Crippen molar-refractivity contribution in [1.29, 1.82) is 0 Å². The van der Waals surface area contributed by atoms with Crippen LogP contribution in [-0.2, 0) is 7.05 Å². The predicted molar refractivity (Wildman–Crippen MR) is 130 cm³/mol. The summed E-state index contributed by atoms with van der Waals surface area (Å²) in [7, 11) is 1.86. The normalized spacial score (nSPS) is 11.3. The zero-order valence-corrected chi connectivity index (χ0v) is 18.3. The monoisotopic (exact) mass is 434 g/mol. The summed E-state index contributed by atoms with van der Waals surface area (Å²) in [6, 6.07) is 23.2. The van der Waals surface area contributed by atoms with Gasteiger partial charge in [0, 0.05) is 43.0 Å². The quantitative estimate of drug-likeness (QED) is 0.383. The molecule has 33 heavy (non-hydrogen) atoms. The third kappa shape index (κ3) is 3.80. The zero-order chi connectivity index (χ0) is 22.8. The lowest BCUT2D eigenvalue weighted by Gasteiger charge is -2.07. The average molecular weight is 435 g/mol. The third-order valence-electron chi connectivity index (χ3n) is 5.55. The zero-order valence-electron chi connectivity index (χ0n) is 18.3. The summed E-state index contributed by atoms with van der Waals surface area (Å²) in [6.07, 6.45) is 7.11. The molecule has 3 heterocycles. The van der Waals surface area contributed by atoms with E-state index in [2.05, 4.69) is 9.98 Å². The molecule has 5 aromatic rings. The SMILES string of the molecule is Cc1c(N=Cc2cn(-c3ccccc3)nc2-c2cccnc2)c(=O)n(-c2ccccc2)n1C. The van der Waals surface area contributed by atoms with Crippen LogP contribution in [0.1, 0.15) is 11.3 Å². The number of para-hydroxylation sites is 2. The summed E-state index contributed by atoms with van der Waals surface area (Å²) in [5.41, 5.74) is 5.14. The highest BCUT2D eigenvalue weighted by atomic mass is 16.1. The molecule has 5 rings (SSSR count). The summed E-state index contributed by atoms with van der Waals surface area (Å²) in [4.78, 5) is 22.1. The number of aliphatic imine (C=N–C) groups is 1. The van der Waals surface area contributed by atoms with Gasteiger partial charge in [-0.05, 0) is 43.3 Å². The van der Waals surface area contributed by atoms with Gasteiger partial charge < -0.3 is 0 Å². The van der Waals surface area contributed by atoms with Gasteiger partial charge in [0.05, 0.1) is 17.1 Å². The Morgan fingerprint density at radius 2 is 1.61 bits per heavy atom. The van der Waals surface area contributed by atoms with Crippen LogP contribution in [0.15, 0.2) is 101 Å². The lowest BCUT2D eigenvalue weighted by molar-refractivity contribution is 0.630. The van der Waals surface area contributed by atoms with Crippen molar-refractivity contribution in [2.45, 2.75) is 6.92 Å². The van der Waals surface area contributed by atoms with E-state index in [0.29, 0.717) is 5.69 Å². The second-order valence-corrected chi connectivity index (χ2v) is 7.62. The molecule has 0 aliphatic heterocycles. The van der Waals surface area contributed by atoms with Gasteiger partial charge in [-0.3, -0.25) is 14.5 Å². The third-order valence-corrected chi connectivity index (χ3v) is 5.55. The molecule has 0 fully saturated rings. The molecule has 0 atom stereocenters. The Hall–Kier alpha value is -4.52. The summed E-state index contributed by atoms with van der Waals surface area (Å²) >= 11 is 0. The highest BCUT2D eigenvalue weighted by Crippen LogP contribution is 2.23. The van der Waals surface area contributed by atoms with Gasteiger partial charge in [-0.15, -0.1) is 0 Å². The van der Waals surface area contributed by atoms with Crippen LogP contribution in [0.3, 0.4) is 0 Å². The van der Waals surface area contributed by atoms with Crippen LogP contribution in [0.2, 0.25) is 0 Å². The maximum absolute atomic E-state index is 13.2. The molecule has 3 aromatic heterocycles. The Labute approximate surface area is 190 Å². The van der Waals surface area contributed by atoms with Crippen LogP contribution >= 0.6 is 0 Å². The molecule has 2 aromatic carbocycles. The van der Waals surface area contributed by atoms with Crippen LogP contribution in [0.25, 0.3) is 22.6 Å². The summed E-state index contributed by atoms with van der Waals surface area (Å²) in [6.45, 7) is 1.89. The number of aromatic nitrogens is 5. The Kier molecular flexibility index (Phi) is 5.28. The molecule has 162 valence electrons. The van der Waals surface area contributed by atoms with E-state index in [0.717, 1.165) is 33.9 Å². The van der Waals surface area contributed by atoms with E-state index in [1.54, 1.807) is 23.3 Å². The molecule has 0 spiro atoms. The largest absolute Gasteiger partial charge is 0.297 e. The number of nitrogens with zero attached hydrogens (tertiary/aromatic N) is 6. The molecule has 0 unspecified atom stereocenters. The van der Waals surface area contributed by atoms with E-state index in [1.807, 2.05) is 102 Å². The van der Waals surface area contributed by atoms with Crippen LogP contribution in [0.4, 0.5) is 5.69 Å². The molecule has 0 aliphatic carbocycles. The van der Waals surface area contributed by atoms with E-state index in [4.69, 9.17) is 5.10 Å². The van der Waals surface area contributed by atoms with Crippen molar-refractivity contribution in [1.82, 2.24) is 24.1 Å². The lowest BCUT2D eigenvalue weighted by Crippen LogP contribution is -2.19. The van der Waals surface area contributed by atoms with Crippen LogP contribution in [-0.4, -0.2) is 30.3 Å². The number of benzene rings is 2. The van der Waals surface area contributed by atoms with Gasteiger partial charge in [0.1, 0.15) is 5.69 Å². The molecule has 0 amide bonds. The first-order chi connectivity index (χ1) is 16.1. The molecular weight excluding hydrogens is 412 g/mol. The van der Waals surface area contributed by atoms with Crippen molar-refractivity contribution in [2.24, 2.45) is 12.0 Å². The molecule has 0 saturated heterocycles. The first-order valence-corrected chi connectivity index (χ1v) is 10.6. The minimum Gasteiger partial charge on any atom is -0.283 e. The van der Waals surface area contributed by atoms with Crippen molar-refractivity contribution in [3.63, 3.8) is 0 Å². The number of hydrogen-bond donors (Lipinski definition) is 0. The predicted octanol–water partition coefficient (Wildman–Crippen LogP) is 4.48. The number of pyridine rings is 1. The van der Waals surface area contributed by atoms with E-state index in [9.17, 15) is 4.79 Å². The van der Waals surface area contributed by atoms with Gasteiger partial charge >= 0.3 is 0 Å². The second-order valence-electron chi connectivity index (χ2n) is 7.62.